The minimum atomic E-state index is -0.110. The van der Waals surface area contributed by atoms with Gasteiger partial charge in [0.1, 0.15) is 5.69 Å². The summed E-state index contributed by atoms with van der Waals surface area (Å²) < 4.78 is 5.13. The molecule has 2 rings (SSSR count). The highest BCUT2D eigenvalue weighted by atomic mass is 16.3. The smallest absolute Gasteiger partial charge is 0.153 e. The largest absolute Gasteiger partial charge is 0.463 e. The molecule has 1 N–H and O–H groups in total. The molecule has 2 heterocycles. The van der Waals surface area contributed by atoms with E-state index in [1.807, 2.05) is 0 Å². The van der Waals surface area contributed by atoms with Crippen LogP contribution in [0.3, 0.4) is 0 Å². The van der Waals surface area contributed by atoms with E-state index in [-0.39, 0.29) is 6.61 Å². The fraction of sp³-hybridized carbons (Fsp3) is 0.111. The van der Waals surface area contributed by atoms with E-state index in [9.17, 15) is 0 Å². The molecule has 0 aliphatic rings. The lowest BCUT2D eigenvalue weighted by Crippen LogP contribution is -1.92. The minimum Gasteiger partial charge on any atom is -0.463 e. The van der Waals surface area contributed by atoms with Crippen molar-refractivity contribution in [1.82, 2.24) is 9.97 Å². The molecule has 66 valence electrons. The predicted molar refractivity (Wildman–Crippen MR) is 45.7 cm³/mol. The van der Waals surface area contributed by atoms with Crippen molar-refractivity contribution in [2.24, 2.45) is 0 Å². The molecule has 0 bridgehead atoms. The standard InChI is InChI=1S/C9H8N2O2/c12-6-7-4-10-5-8(11-7)9-2-1-3-13-9/h1-5,12H,6H2. The summed E-state index contributed by atoms with van der Waals surface area (Å²) in [5.74, 6) is 0.655. The molecule has 0 fully saturated rings. The molecule has 0 aromatic carbocycles. The maximum absolute atomic E-state index is 8.83. The lowest BCUT2D eigenvalue weighted by atomic mass is 10.3. The molecule has 0 unspecified atom stereocenters. The Morgan fingerprint density at radius 1 is 1.38 bits per heavy atom. The summed E-state index contributed by atoms with van der Waals surface area (Å²) in [6, 6.07) is 3.58. The molecule has 0 saturated heterocycles. The number of hydrogen-bond acceptors (Lipinski definition) is 4. The van der Waals surface area contributed by atoms with E-state index in [1.165, 1.54) is 6.20 Å². The third-order valence-corrected chi connectivity index (χ3v) is 1.62. The second-order valence-electron chi connectivity index (χ2n) is 2.53. The summed E-state index contributed by atoms with van der Waals surface area (Å²) in [7, 11) is 0. The minimum absolute atomic E-state index is 0.110. The van der Waals surface area contributed by atoms with Gasteiger partial charge in [-0.05, 0) is 12.1 Å². The van der Waals surface area contributed by atoms with E-state index < -0.39 is 0 Å². The van der Waals surface area contributed by atoms with Gasteiger partial charge in [0.15, 0.2) is 5.76 Å². The highest BCUT2D eigenvalue weighted by molar-refractivity contribution is 5.49. The van der Waals surface area contributed by atoms with E-state index in [2.05, 4.69) is 9.97 Å². The molecule has 0 amide bonds. The van der Waals surface area contributed by atoms with Crippen molar-refractivity contribution in [3.8, 4) is 11.5 Å². The van der Waals surface area contributed by atoms with Crippen LogP contribution in [0.15, 0.2) is 35.2 Å². The Kier molecular flexibility index (Phi) is 2.06. The van der Waals surface area contributed by atoms with Gasteiger partial charge in [-0.25, -0.2) is 4.98 Å². The van der Waals surface area contributed by atoms with Gasteiger partial charge in [0.25, 0.3) is 0 Å². The summed E-state index contributed by atoms with van der Waals surface area (Å²) in [6.07, 6.45) is 4.69. The molecule has 2 aromatic rings. The molecule has 13 heavy (non-hydrogen) atoms. The molecule has 0 spiro atoms. The van der Waals surface area contributed by atoms with Gasteiger partial charge in [-0.3, -0.25) is 4.98 Å². The van der Waals surface area contributed by atoms with Crippen LogP contribution < -0.4 is 0 Å². The molecular weight excluding hydrogens is 168 g/mol. The highest BCUT2D eigenvalue weighted by Crippen LogP contribution is 2.15. The van der Waals surface area contributed by atoms with Crippen LogP contribution in [0.25, 0.3) is 11.5 Å². The van der Waals surface area contributed by atoms with E-state index >= 15 is 0 Å². The molecule has 0 aliphatic heterocycles. The first-order chi connectivity index (χ1) is 6.40. The lowest BCUT2D eigenvalue weighted by Gasteiger charge is -1.97. The fourth-order valence-electron chi connectivity index (χ4n) is 1.03. The number of rotatable bonds is 2. The Labute approximate surface area is 74.9 Å². The summed E-state index contributed by atoms with van der Waals surface area (Å²) >= 11 is 0. The highest BCUT2D eigenvalue weighted by Gasteiger charge is 2.02. The average Bonchev–Trinajstić information content (AvgIpc) is 2.71. The van der Waals surface area contributed by atoms with Crippen LogP contribution in [0.2, 0.25) is 0 Å². The number of furan rings is 1. The first kappa shape index (κ1) is 7.94. The van der Waals surface area contributed by atoms with Crippen LogP contribution in [0.4, 0.5) is 0 Å². The van der Waals surface area contributed by atoms with Crippen LogP contribution in [-0.2, 0) is 6.61 Å². The van der Waals surface area contributed by atoms with Crippen LogP contribution in [-0.4, -0.2) is 15.1 Å². The summed E-state index contributed by atoms with van der Waals surface area (Å²) in [5, 5.41) is 8.83. The van der Waals surface area contributed by atoms with Crippen molar-refractivity contribution in [2.75, 3.05) is 0 Å². The molecule has 4 nitrogen and oxygen atoms in total. The second-order valence-corrected chi connectivity index (χ2v) is 2.53. The molecule has 4 heteroatoms. The van der Waals surface area contributed by atoms with Crippen LogP contribution >= 0.6 is 0 Å². The zero-order valence-corrected chi connectivity index (χ0v) is 6.84. The van der Waals surface area contributed by atoms with Gasteiger partial charge >= 0.3 is 0 Å². The van der Waals surface area contributed by atoms with E-state index in [1.54, 1.807) is 24.6 Å². The Hall–Kier alpha value is -1.68. The summed E-state index contributed by atoms with van der Waals surface area (Å²) in [4.78, 5) is 8.06. The summed E-state index contributed by atoms with van der Waals surface area (Å²) in [5.41, 5.74) is 1.17. The third kappa shape index (κ3) is 1.57. The van der Waals surface area contributed by atoms with Gasteiger partial charge < -0.3 is 9.52 Å². The number of aliphatic hydroxyl groups excluding tert-OH is 1. The van der Waals surface area contributed by atoms with Gasteiger partial charge in [0.2, 0.25) is 0 Å². The fourth-order valence-corrected chi connectivity index (χ4v) is 1.03. The first-order valence-corrected chi connectivity index (χ1v) is 3.86. The Morgan fingerprint density at radius 3 is 3.00 bits per heavy atom. The maximum atomic E-state index is 8.83. The number of hydrogen-bond donors (Lipinski definition) is 1. The third-order valence-electron chi connectivity index (χ3n) is 1.62. The van der Waals surface area contributed by atoms with Crippen molar-refractivity contribution in [3.63, 3.8) is 0 Å². The average molecular weight is 176 g/mol. The zero-order chi connectivity index (χ0) is 9.10. The molecule has 0 radical (unpaired) electrons. The van der Waals surface area contributed by atoms with Gasteiger partial charge in [-0.1, -0.05) is 0 Å². The van der Waals surface area contributed by atoms with Crippen molar-refractivity contribution in [1.29, 1.82) is 0 Å². The Balaban J connectivity index is 2.41. The van der Waals surface area contributed by atoms with Gasteiger partial charge in [0, 0.05) is 0 Å². The van der Waals surface area contributed by atoms with Crippen LogP contribution in [0.5, 0.6) is 0 Å². The molecular formula is C9H8N2O2. The molecule has 2 aromatic heterocycles. The van der Waals surface area contributed by atoms with E-state index in [0.29, 0.717) is 17.1 Å². The summed E-state index contributed by atoms with van der Waals surface area (Å²) in [6.45, 7) is -0.110. The Bertz CT molecular complexity index is 384. The van der Waals surface area contributed by atoms with Crippen LogP contribution in [0, 0.1) is 0 Å². The molecule has 0 saturated carbocycles. The number of aromatic nitrogens is 2. The van der Waals surface area contributed by atoms with Gasteiger partial charge in [-0.2, -0.15) is 0 Å². The van der Waals surface area contributed by atoms with Crippen molar-refractivity contribution in [3.05, 3.63) is 36.5 Å². The second kappa shape index (κ2) is 3.37. The number of aliphatic hydroxyl groups is 1. The lowest BCUT2D eigenvalue weighted by molar-refractivity contribution is 0.276. The van der Waals surface area contributed by atoms with E-state index in [0.717, 1.165) is 0 Å². The zero-order valence-electron chi connectivity index (χ0n) is 6.84. The Morgan fingerprint density at radius 2 is 2.31 bits per heavy atom. The maximum Gasteiger partial charge on any atom is 0.153 e. The van der Waals surface area contributed by atoms with Crippen molar-refractivity contribution in [2.45, 2.75) is 6.61 Å². The van der Waals surface area contributed by atoms with Crippen LogP contribution in [0.1, 0.15) is 5.69 Å². The molecule has 0 atom stereocenters. The number of nitrogens with zero attached hydrogens (tertiary/aromatic N) is 2. The SMILES string of the molecule is OCc1cncc(-c2ccco2)n1. The quantitative estimate of drug-likeness (QED) is 0.747. The van der Waals surface area contributed by atoms with Gasteiger partial charge in [0.05, 0.1) is 31.0 Å². The topological polar surface area (TPSA) is 59.2 Å². The first-order valence-electron chi connectivity index (χ1n) is 3.86. The van der Waals surface area contributed by atoms with Crippen molar-refractivity contribution >= 4 is 0 Å². The monoisotopic (exact) mass is 176 g/mol. The van der Waals surface area contributed by atoms with E-state index in [4.69, 9.17) is 9.52 Å². The van der Waals surface area contributed by atoms with Crippen molar-refractivity contribution < 1.29 is 9.52 Å². The predicted octanol–water partition coefficient (Wildman–Crippen LogP) is 1.23. The van der Waals surface area contributed by atoms with Gasteiger partial charge in [-0.15, -0.1) is 0 Å². The molecule has 0 aliphatic carbocycles. The normalized spacial score (nSPS) is 10.2.